The van der Waals surface area contributed by atoms with Crippen molar-refractivity contribution < 1.29 is 9.18 Å². The fraction of sp³-hybridized carbons (Fsp3) is 0.211. The van der Waals surface area contributed by atoms with Gasteiger partial charge in [-0.25, -0.2) is 4.39 Å². The lowest BCUT2D eigenvalue weighted by Crippen LogP contribution is -2.44. The number of para-hydroxylation sites is 1. The monoisotopic (exact) mass is 357 g/mol. The van der Waals surface area contributed by atoms with Gasteiger partial charge >= 0.3 is 0 Å². The van der Waals surface area contributed by atoms with Gasteiger partial charge in [-0.05, 0) is 24.3 Å². The molecule has 0 unspecified atom stereocenters. The van der Waals surface area contributed by atoms with Crippen molar-refractivity contribution in [3.63, 3.8) is 0 Å². The maximum Gasteiger partial charge on any atom is 0.257 e. The van der Waals surface area contributed by atoms with Crippen molar-refractivity contribution >= 4 is 34.5 Å². The maximum atomic E-state index is 13.9. The molecular weight excluding hydrogens is 341 g/mol. The molecule has 4 nitrogen and oxygen atoms in total. The highest BCUT2D eigenvalue weighted by Gasteiger charge is 2.26. The Kier molecular flexibility index (Phi) is 4.09. The van der Waals surface area contributed by atoms with Crippen LogP contribution in [0.4, 0.5) is 15.8 Å². The number of benzene rings is 2. The quantitative estimate of drug-likeness (QED) is 0.834. The van der Waals surface area contributed by atoms with Crippen LogP contribution in [0.5, 0.6) is 0 Å². The first-order valence-electron chi connectivity index (χ1n) is 8.18. The molecule has 25 heavy (non-hydrogen) atoms. The summed E-state index contributed by atoms with van der Waals surface area (Å²) < 4.78 is 13.9. The van der Waals surface area contributed by atoms with Crippen molar-refractivity contribution in [2.45, 2.75) is 0 Å². The van der Waals surface area contributed by atoms with Gasteiger partial charge in [0.25, 0.3) is 5.91 Å². The first-order valence-corrected chi connectivity index (χ1v) is 8.56. The van der Waals surface area contributed by atoms with Gasteiger partial charge in [0.15, 0.2) is 0 Å². The minimum absolute atomic E-state index is 0.117. The molecule has 4 rings (SSSR count). The van der Waals surface area contributed by atoms with Gasteiger partial charge in [0.2, 0.25) is 0 Å². The molecule has 1 N–H and O–H groups in total. The van der Waals surface area contributed by atoms with Gasteiger partial charge in [0.05, 0.1) is 16.9 Å². The Morgan fingerprint density at radius 3 is 2.60 bits per heavy atom. The minimum Gasteiger partial charge on any atom is -0.373 e. The number of halogens is 2. The van der Waals surface area contributed by atoms with Crippen LogP contribution in [0.25, 0.3) is 5.57 Å². The van der Waals surface area contributed by atoms with E-state index >= 15 is 0 Å². The zero-order valence-corrected chi connectivity index (χ0v) is 14.3. The van der Waals surface area contributed by atoms with Crippen LogP contribution in [0, 0.1) is 5.82 Å². The molecule has 2 aromatic rings. The highest BCUT2D eigenvalue weighted by atomic mass is 35.5. The van der Waals surface area contributed by atoms with Crippen LogP contribution in [0.1, 0.15) is 5.56 Å². The molecule has 0 radical (unpaired) electrons. The Morgan fingerprint density at radius 2 is 1.84 bits per heavy atom. The number of nitrogens with zero attached hydrogens (tertiary/aromatic N) is 2. The smallest absolute Gasteiger partial charge is 0.257 e. The second-order valence-electron chi connectivity index (χ2n) is 6.16. The summed E-state index contributed by atoms with van der Waals surface area (Å²) in [6.07, 6.45) is 1.90. The van der Waals surface area contributed by atoms with Crippen molar-refractivity contribution in [3.8, 4) is 0 Å². The molecule has 2 aromatic carbocycles. The van der Waals surface area contributed by atoms with E-state index in [0.29, 0.717) is 29.4 Å². The van der Waals surface area contributed by atoms with Crippen LogP contribution in [-0.2, 0) is 4.79 Å². The first kappa shape index (κ1) is 16.0. The number of carbonyl (C=O) groups excluding carboxylic acids is 1. The number of hydrogen-bond donors (Lipinski definition) is 1. The van der Waals surface area contributed by atoms with Gasteiger partial charge in [-0.15, -0.1) is 0 Å². The summed E-state index contributed by atoms with van der Waals surface area (Å²) in [5.74, 6) is -0.316. The molecule has 1 saturated heterocycles. The Labute approximate surface area is 150 Å². The minimum atomic E-state index is -0.199. The lowest BCUT2D eigenvalue weighted by Gasteiger charge is -2.35. The largest absolute Gasteiger partial charge is 0.373 e. The average Bonchev–Trinajstić information content (AvgIpc) is 2.91. The van der Waals surface area contributed by atoms with Gasteiger partial charge in [-0.2, -0.15) is 0 Å². The fourth-order valence-corrected chi connectivity index (χ4v) is 3.45. The van der Waals surface area contributed by atoms with E-state index in [1.54, 1.807) is 24.3 Å². The first-order chi connectivity index (χ1) is 12.1. The second kappa shape index (κ2) is 6.41. The number of nitrogens with one attached hydrogen (secondary N) is 1. The van der Waals surface area contributed by atoms with Crippen molar-refractivity contribution in [1.29, 1.82) is 0 Å². The second-order valence-corrected chi connectivity index (χ2v) is 6.60. The summed E-state index contributed by atoms with van der Waals surface area (Å²) in [7, 11) is 0. The third-order valence-electron chi connectivity index (χ3n) is 4.58. The number of piperazine rings is 1. The molecule has 2 aliphatic rings. The van der Waals surface area contributed by atoms with Gasteiger partial charge in [0, 0.05) is 43.0 Å². The molecule has 1 amide bonds. The number of amides is 1. The van der Waals surface area contributed by atoms with Gasteiger partial charge in [0.1, 0.15) is 5.82 Å². The molecule has 0 bridgehead atoms. The SMILES string of the molecule is O=C1Nc2cc(Cl)ccc2/C1=C\N1CCN(c2ccccc2F)CC1. The third kappa shape index (κ3) is 3.07. The van der Waals surface area contributed by atoms with Crippen LogP contribution in [0.2, 0.25) is 5.02 Å². The molecule has 0 spiro atoms. The summed E-state index contributed by atoms with van der Waals surface area (Å²) in [6, 6.07) is 12.2. The van der Waals surface area contributed by atoms with Gasteiger partial charge < -0.3 is 15.1 Å². The predicted molar refractivity (Wildman–Crippen MR) is 98.2 cm³/mol. The molecule has 128 valence electrons. The topological polar surface area (TPSA) is 35.6 Å². The lowest BCUT2D eigenvalue weighted by molar-refractivity contribution is -0.110. The zero-order chi connectivity index (χ0) is 17.4. The Bertz CT molecular complexity index is 859. The Hall–Kier alpha value is -2.53. The summed E-state index contributed by atoms with van der Waals surface area (Å²) in [6.45, 7) is 2.88. The molecule has 2 heterocycles. The van der Waals surface area contributed by atoms with E-state index in [1.807, 2.05) is 23.2 Å². The molecule has 0 aliphatic carbocycles. The third-order valence-corrected chi connectivity index (χ3v) is 4.82. The number of hydrogen-bond acceptors (Lipinski definition) is 3. The number of rotatable bonds is 2. The van der Waals surface area contributed by atoms with Crippen LogP contribution in [0.3, 0.4) is 0 Å². The normalized spacial score (nSPS) is 18.5. The molecular formula is C19H17ClFN3O. The molecule has 6 heteroatoms. The van der Waals surface area contributed by atoms with E-state index in [9.17, 15) is 9.18 Å². The van der Waals surface area contributed by atoms with E-state index in [4.69, 9.17) is 11.6 Å². The highest BCUT2D eigenvalue weighted by Crippen LogP contribution is 2.34. The van der Waals surface area contributed by atoms with E-state index < -0.39 is 0 Å². The zero-order valence-electron chi connectivity index (χ0n) is 13.5. The number of carbonyl (C=O) groups is 1. The van der Waals surface area contributed by atoms with Crippen molar-refractivity contribution in [2.24, 2.45) is 0 Å². The number of anilines is 2. The van der Waals surface area contributed by atoms with Crippen LogP contribution >= 0.6 is 11.6 Å². The predicted octanol–water partition coefficient (Wildman–Crippen LogP) is 3.59. The highest BCUT2D eigenvalue weighted by molar-refractivity contribution is 6.34. The van der Waals surface area contributed by atoms with Gasteiger partial charge in [-0.1, -0.05) is 29.8 Å². The van der Waals surface area contributed by atoms with Crippen LogP contribution in [-0.4, -0.2) is 37.0 Å². The standard InChI is InChI=1S/C19H17ClFN3O/c20-13-5-6-14-15(19(25)22-17(14)11-13)12-23-7-9-24(10-8-23)18-4-2-1-3-16(18)21/h1-6,11-12H,7-10H2,(H,22,25)/b15-12+. The van der Waals surface area contributed by atoms with Crippen LogP contribution in [0.15, 0.2) is 48.7 Å². The maximum absolute atomic E-state index is 13.9. The van der Waals surface area contributed by atoms with Crippen molar-refractivity contribution in [3.05, 3.63) is 65.1 Å². The van der Waals surface area contributed by atoms with E-state index in [2.05, 4.69) is 10.2 Å². The fourth-order valence-electron chi connectivity index (χ4n) is 3.28. The summed E-state index contributed by atoms with van der Waals surface area (Å²) >= 11 is 5.98. The summed E-state index contributed by atoms with van der Waals surface area (Å²) in [5, 5.41) is 3.44. The van der Waals surface area contributed by atoms with E-state index in [0.717, 1.165) is 24.3 Å². The molecule has 0 saturated carbocycles. The summed E-state index contributed by atoms with van der Waals surface area (Å²) in [5.41, 5.74) is 2.89. The average molecular weight is 358 g/mol. The molecule has 2 aliphatic heterocycles. The molecule has 0 aromatic heterocycles. The van der Waals surface area contributed by atoms with E-state index in [1.165, 1.54) is 6.07 Å². The van der Waals surface area contributed by atoms with E-state index in [-0.39, 0.29) is 11.7 Å². The molecule has 0 atom stereocenters. The van der Waals surface area contributed by atoms with Crippen molar-refractivity contribution in [1.82, 2.24) is 4.90 Å². The number of fused-ring (bicyclic) bond motifs is 1. The molecule has 1 fully saturated rings. The van der Waals surface area contributed by atoms with Crippen LogP contribution < -0.4 is 10.2 Å². The Balaban J connectivity index is 1.50. The van der Waals surface area contributed by atoms with Crippen molar-refractivity contribution in [2.75, 3.05) is 36.4 Å². The van der Waals surface area contributed by atoms with Gasteiger partial charge in [-0.3, -0.25) is 4.79 Å². The Morgan fingerprint density at radius 1 is 1.08 bits per heavy atom. The lowest BCUT2D eigenvalue weighted by atomic mass is 10.1. The summed E-state index contributed by atoms with van der Waals surface area (Å²) in [4.78, 5) is 16.4.